The first-order chi connectivity index (χ1) is 11.7. The Morgan fingerprint density at radius 3 is 2.79 bits per heavy atom. The number of ether oxygens (including phenoxy) is 1. The number of para-hydroxylation sites is 1. The first-order valence-electron chi connectivity index (χ1n) is 8.34. The van der Waals surface area contributed by atoms with Crippen LogP contribution in [0.4, 0.5) is 0 Å². The number of rotatable bonds is 5. The molecular weight excluding hydrogens is 304 g/mol. The molecule has 3 rings (SSSR count). The molecule has 0 radical (unpaired) electrons. The van der Waals surface area contributed by atoms with Crippen molar-refractivity contribution in [1.29, 1.82) is 0 Å². The summed E-state index contributed by atoms with van der Waals surface area (Å²) in [6.07, 6.45) is 4.98. The van der Waals surface area contributed by atoms with Crippen LogP contribution in [0, 0.1) is 5.41 Å². The van der Waals surface area contributed by atoms with Gasteiger partial charge in [0.1, 0.15) is 0 Å². The summed E-state index contributed by atoms with van der Waals surface area (Å²) in [5.41, 5.74) is 7.39. The Morgan fingerprint density at radius 1 is 1.38 bits per heavy atom. The molecular formula is C18H24N4O2. The van der Waals surface area contributed by atoms with Crippen LogP contribution in [0.15, 0.2) is 42.7 Å². The molecule has 1 atom stereocenters. The maximum Gasteiger partial charge on any atom is 0.228 e. The summed E-state index contributed by atoms with van der Waals surface area (Å²) in [7, 11) is 0. The minimum atomic E-state index is -0.521. The van der Waals surface area contributed by atoms with E-state index in [1.165, 1.54) is 0 Å². The fraction of sp³-hybridized carbons (Fsp3) is 0.444. The van der Waals surface area contributed by atoms with Crippen LogP contribution in [0.5, 0.6) is 0 Å². The molecule has 1 fully saturated rings. The molecule has 2 heterocycles. The Kier molecular flexibility index (Phi) is 4.97. The van der Waals surface area contributed by atoms with Gasteiger partial charge in [0.05, 0.1) is 17.1 Å². The summed E-state index contributed by atoms with van der Waals surface area (Å²) in [6, 6.07) is 9.70. The van der Waals surface area contributed by atoms with E-state index in [1.54, 1.807) is 6.20 Å². The number of aromatic nitrogens is 2. The number of nitrogens with one attached hydrogen (secondary N) is 1. The molecule has 1 amide bonds. The van der Waals surface area contributed by atoms with E-state index < -0.39 is 5.41 Å². The third kappa shape index (κ3) is 3.20. The molecule has 1 aliphatic rings. The van der Waals surface area contributed by atoms with E-state index in [0.717, 1.165) is 11.3 Å². The van der Waals surface area contributed by atoms with Gasteiger partial charge in [-0.05, 0) is 37.5 Å². The third-order valence-electron chi connectivity index (χ3n) is 4.82. The quantitative estimate of drug-likeness (QED) is 0.877. The number of carbonyl (C=O) groups is 1. The molecule has 0 aliphatic carbocycles. The topological polar surface area (TPSA) is 82.2 Å². The van der Waals surface area contributed by atoms with Crippen LogP contribution in [0.1, 0.15) is 31.4 Å². The van der Waals surface area contributed by atoms with Crippen molar-refractivity contribution in [2.75, 3.05) is 19.8 Å². The maximum atomic E-state index is 12.9. The minimum absolute atomic E-state index is 0.0102. The van der Waals surface area contributed by atoms with Crippen LogP contribution < -0.4 is 11.1 Å². The highest BCUT2D eigenvalue weighted by Gasteiger charge is 2.39. The van der Waals surface area contributed by atoms with Gasteiger partial charge < -0.3 is 15.8 Å². The maximum absolute atomic E-state index is 12.9. The van der Waals surface area contributed by atoms with Crippen LogP contribution in [-0.4, -0.2) is 35.4 Å². The van der Waals surface area contributed by atoms with Crippen LogP contribution in [0.3, 0.4) is 0 Å². The van der Waals surface area contributed by atoms with Crippen molar-refractivity contribution in [3.05, 3.63) is 48.3 Å². The van der Waals surface area contributed by atoms with Gasteiger partial charge in [0.25, 0.3) is 0 Å². The van der Waals surface area contributed by atoms with E-state index >= 15 is 0 Å². The fourth-order valence-corrected chi connectivity index (χ4v) is 3.19. The Morgan fingerprint density at radius 2 is 2.12 bits per heavy atom. The van der Waals surface area contributed by atoms with E-state index in [1.807, 2.05) is 48.1 Å². The number of hydrogen-bond acceptors (Lipinski definition) is 4. The van der Waals surface area contributed by atoms with Gasteiger partial charge >= 0.3 is 0 Å². The van der Waals surface area contributed by atoms with Crippen molar-refractivity contribution in [3.63, 3.8) is 0 Å². The monoisotopic (exact) mass is 328 g/mol. The van der Waals surface area contributed by atoms with E-state index in [2.05, 4.69) is 10.4 Å². The highest BCUT2D eigenvalue weighted by Crippen LogP contribution is 2.31. The number of nitrogens with zero attached hydrogens (tertiary/aromatic N) is 2. The number of nitrogens with two attached hydrogens (primary N) is 1. The number of carbonyl (C=O) groups excluding carboxylic acids is 1. The third-order valence-corrected chi connectivity index (χ3v) is 4.82. The van der Waals surface area contributed by atoms with Crippen molar-refractivity contribution in [3.8, 4) is 5.69 Å². The molecule has 1 aliphatic heterocycles. The molecule has 0 spiro atoms. The second-order valence-electron chi connectivity index (χ2n) is 6.30. The van der Waals surface area contributed by atoms with Crippen molar-refractivity contribution in [2.45, 2.75) is 25.8 Å². The lowest BCUT2D eigenvalue weighted by Gasteiger charge is -2.35. The molecule has 6 heteroatoms. The number of amides is 1. The lowest BCUT2D eigenvalue weighted by atomic mass is 9.79. The summed E-state index contributed by atoms with van der Waals surface area (Å²) >= 11 is 0. The highest BCUT2D eigenvalue weighted by atomic mass is 16.5. The minimum Gasteiger partial charge on any atom is -0.381 e. The predicted octanol–water partition coefficient (Wildman–Crippen LogP) is 1.80. The number of hydrogen-bond donors (Lipinski definition) is 2. The Balaban J connectivity index is 1.80. The summed E-state index contributed by atoms with van der Waals surface area (Å²) in [5.74, 6) is 0.0102. The molecule has 6 nitrogen and oxygen atoms in total. The zero-order chi connectivity index (χ0) is 17.0. The van der Waals surface area contributed by atoms with E-state index in [4.69, 9.17) is 10.5 Å². The van der Waals surface area contributed by atoms with E-state index in [9.17, 15) is 4.79 Å². The molecule has 1 unspecified atom stereocenters. The molecule has 128 valence electrons. The van der Waals surface area contributed by atoms with Crippen LogP contribution in [0.25, 0.3) is 5.69 Å². The molecule has 2 aromatic rings. The van der Waals surface area contributed by atoms with Crippen molar-refractivity contribution in [1.82, 2.24) is 15.1 Å². The van der Waals surface area contributed by atoms with Crippen LogP contribution >= 0.6 is 0 Å². The van der Waals surface area contributed by atoms with Gasteiger partial charge in [-0.25, -0.2) is 4.68 Å². The number of benzene rings is 1. The summed E-state index contributed by atoms with van der Waals surface area (Å²) < 4.78 is 7.20. The van der Waals surface area contributed by atoms with Gasteiger partial charge in [0.2, 0.25) is 5.91 Å². The largest absolute Gasteiger partial charge is 0.381 e. The smallest absolute Gasteiger partial charge is 0.228 e. The predicted molar refractivity (Wildman–Crippen MR) is 91.7 cm³/mol. The average Bonchev–Trinajstić information content (AvgIpc) is 3.16. The van der Waals surface area contributed by atoms with Crippen LogP contribution in [0.2, 0.25) is 0 Å². The summed E-state index contributed by atoms with van der Waals surface area (Å²) in [6.45, 7) is 3.51. The Bertz CT molecular complexity index is 678. The van der Waals surface area contributed by atoms with Gasteiger partial charge in [-0.3, -0.25) is 4.79 Å². The summed E-state index contributed by atoms with van der Waals surface area (Å²) in [5, 5.41) is 7.44. The highest BCUT2D eigenvalue weighted by molar-refractivity contribution is 5.83. The van der Waals surface area contributed by atoms with E-state index in [0.29, 0.717) is 32.6 Å². The van der Waals surface area contributed by atoms with E-state index in [-0.39, 0.29) is 11.9 Å². The Hall–Kier alpha value is -2.18. The summed E-state index contributed by atoms with van der Waals surface area (Å²) in [4.78, 5) is 12.9. The second kappa shape index (κ2) is 7.15. The van der Waals surface area contributed by atoms with Gasteiger partial charge in [0.15, 0.2) is 0 Å². The Labute approximate surface area is 142 Å². The lowest BCUT2D eigenvalue weighted by molar-refractivity contribution is -0.136. The van der Waals surface area contributed by atoms with Gasteiger partial charge in [0, 0.05) is 32.2 Å². The van der Waals surface area contributed by atoms with Gasteiger partial charge in [-0.2, -0.15) is 5.10 Å². The molecule has 24 heavy (non-hydrogen) atoms. The first-order valence-corrected chi connectivity index (χ1v) is 8.34. The van der Waals surface area contributed by atoms with Crippen molar-refractivity contribution < 1.29 is 9.53 Å². The second-order valence-corrected chi connectivity index (χ2v) is 6.30. The van der Waals surface area contributed by atoms with Gasteiger partial charge in [-0.15, -0.1) is 0 Å². The molecule has 1 aromatic carbocycles. The van der Waals surface area contributed by atoms with Crippen molar-refractivity contribution in [2.24, 2.45) is 11.1 Å². The van der Waals surface area contributed by atoms with Gasteiger partial charge in [-0.1, -0.05) is 18.2 Å². The SMILES string of the molecule is CC(NC(=O)C1(CN)CCOCC1)c1ccccc1-n1cccn1. The van der Waals surface area contributed by atoms with Crippen molar-refractivity contribution >= 4 is 5.91 Å². The fourth-order valence-electron chi connectivity index (χ4n) is 3.19. The zero-order valence-corrected chi connectivity index (χ0v) is 13.9. The average molecular weight is 328 g/mol. The molecule has 0 bridgehead atoms. The standard InChI is InChI=1S/C18H24N4O2/c1-14(21-17(23)18(13-19)7-11-24-12-8-18)15-5-2-3-6-16(15)22-10-4-9-20-22/h2-6,9-10,14H,7-8,11-13,19H2,1H3,(H,21,23). The first kappa shape index (κ1) is 16.7. The molecule has 3 N–H and O–H groups in total. The lowest BCUT2D eigenvalue weighted by Crippen LogP contribution is -2.49. The molecule has 1 saturated heterocycles. The normalized spacial score (nSPS) is 18.1. The molecule has 0 saturated carbocycles. The molecule has 1 aromatic heterocycles. The zero-order valence-electron chi connectivity index (χ0n) is 13.9. The van der Waals surface area contributed by atoms with Crippen LogP contribution in [-0.2, 0) is 9.53 Å².